The monoisotopic (exact) mass is 398 g/mol. The van der Waals surface area contributed by atoms with E-state index in [1.54, 1.807) is 0 Å². The van der Waals surface area contributed by atoms with Crippen LogP contribution in [0.1, 0.15) is 19.6 Å². The van der Waals surface area contributed by atoms with Gasteiger partial charge >= 0.3 is 0 Å². The number of rotatable bonds is 4. The van der Waals surface area contributed by atoms with E-state index in [1.165, 1.54) is 0 Å². The van der Waals surface area contributed by atoms with Crippen molar-refractivity contribution in [2.75, 3.05) is 18.0 Å². The topological polar surface area (TPSA) is 67.7 Å². The fourth-order valence-electron chi connectivity index (χ4n) is 3.83. The summed E-state index contributed by atoms with van der Waals surface area (Å²) in [5.41, 5.74) is 3.54. The number of hydrogen-bond acceptors (Lipinski definition) is 6. The standard InChI is InChI=1S/C24H22N4O2/c1-4-28(5-2)16-10-11-19-21(13-16)29-22-14-20(25-23-12-15(3)30-27-23)17-8-6-7-9-18(17)24(22)26-19/h6-14H,4-5H2,1-3H3/b25-20-. The molecule has 1 aliphatic heterocycles. The van der Waals surface area contributed by atoms with Crippen LogP contribution in [0.2, 0.25) is 0 Å². The van der Waals surface area contributed by atoms with E-state index >= 15 is 0 Å². The van der Waals surface area contributed by atoms with Gasteiger partial charge in [0.2, 0.25) is 0 Å². The second kappa shape index (κ2) is 7.30. The van der Waals surface area contributed by atoms with Crippen LogP contribution in [0.15, 0.2) is 68.5 Å². The van der Waals surface area contributed by atoms with Crippen LogP contribution >= 0.6 is 0 Å². The van der Waals surface area contributed by atoms with Gasteiger partial charge in [-0.05, 0) is 32.9 Å². The Hall–Kier alpha value is -3.67. The molecule has 0 bridgehead atoms. The third-order valence-corrected chi connectivity index (χ3v) is 5.33. The van der Waals surface area contributed by atoms with Crippen molar-refractivity contribution < 1.29 is 8.94 Å². The Balaban J connectivity index is 1.80. The van der Waals surface area contributed by atoms with Gasteiger partial charge in [-0.15, -0.1) is 0 Å². The molecule has 0 saturated carbocycles. The molecule has 0 amide bonds. The number of aromatic nitrogens is 2. The largest absolute Gasteiger partial charge is 0.453 e. The average molecular weight is 398 g/mol. The first kappa shape index (κ1) is 18.4. The number of fused-ring (bicyclic) bond motifs is 4. The summed E-state index contributed by atoms with van der Waals surface area (Å²) in [5, 5.41) is 6.76. The number of nitrogens with zero attached hydrogens (tertiary/aromatic N) is 4. The molecule has 2 aromatic carbocycles. The SMILES string of the molecule is CCN(CC)c1ccc2nc3c4ccccc4/c(=N\c4cc(C)on4)cc-3oc2c1. The van der Waals surface area contributed by atoms with Gasteiger partial charge in [0.1, 0.15) is 17.0 Å². The predicted molar refractivity (Wildman–Crippen MR) is 118 cm³/mol. The molecule has 5 rings (SSSR count). The van der Waals surface area contributed by atoms with Crippen LogP contribution in [0.4, 0.5) is 11.5 Å². The molecular weight excluding hydrogens is 376 g/mol. The lowest BCUT2D eigenvalue weighted by Crippen LogP contribution is -2.21. The Kier molecular flexibility index (Phi) is 4.47. The first-order valence-electron chi connectivity index (χ1n) is 10.2. The van der Waals surface area contributed by atoms with Crippen LogP contribution in [0.25, 0.3) is 33.3 Å². The maximum atomic E-state index is 6.32. The van der Waals surface area contributed by atoms with Gasteiger partial charge in [0.25, 0.3) is 0 Å². The molecule has 150 valence electrons. The second-order valence-electron chi connectivity index (χ2n) is 7.23. The van der Waals surface area contributed by atoms with Crippen molar-refractivity contribution >= 4 is 33.4 Å². The van der Waals surface area contributed by atoms with Crippen molar-refractivity contribution in [1.82, 2.24) is 10.1 Å². The minimum atomic E-state index is 0.537. The molecule has 0 atom stereocenters. The van der Waals surface area contributed by atoms with E-state index in [4.69, 9.17) is 18.9 Å². The van der Waals surface area contributed by atoms with Crippen LogP contribution in [0.3, 0.4) is 0 Å². The third kappa shape index (κ3) is 3.10. The summed E-state index contributed by atoms with van der Waals surface area (Å²) in [6.07, 6.45) is 0. The van der Waals surface area contributed by atoms with E-state index in [2.05, 4.69) is 36.0 Å². The molecule has 0 saturated heterocycles. The molecule has 1 aliphatic carbocycles. The highest BCUT2D eigenvalue weighted by molar-refractivity contribution is 5.96. The zero-order valence-corrected chi connectivity index (χ0v) is 17.2. The molecule has 3 aromatic rings. The van der Waals surface area contributed by atoms with E-state index in [9.17, 15) is 0 Å². The number of hydrogen-bond donors (Lipinski definition) is 0. The van der Waals surface area contributed by atoms with Crippen molar-refractivity contribution in [1.29, 1.82) is 0 Å². The maximum Gasteiger partial charge on any atom is 0.195 e. The van der Waals surface area contributed by atoms with Gasteiger partial charge in [-0.2, -0.15) is 0 Å². The van der Waals surface area contributed by atoms with Crippen LogP contribution < -0.4 is 10.3 Å². The van der Waals surface area contributed by atoms with Gasteiger partial charge in [-0.1, -0.05) is 29.4 Å². The third-order valence-electron chi connectivity index (χ3n) is 5.33. The molecule has 6 heteroatoms. The van der Waals surface area contributed by atoms with E-state index in [0.717, 1.165) is 57.5 Å². The van der Waals surface area contributed by atoms with E-state index in [1.807, 2.05) is 49.4 Å². The van der Waals surface area contributed by atoms with Crippen molar-refractivity contribution in [2.24, 2.45) is 4.99 Å². The summed E-state index contributed by atoms with van der Waals surface area (Å²) in [4.78, 5) is 11.9. The fraction of sp³-hybridized carbons (Fsp3) is 0.208. The van der Waals surface area contributed by atoms with Gasteiger partial charge < -0.3 is 13.8 Å². The first-order chi connectivity index (χ1) is 14.7. The molecule has 6 nitrogen and oxygen atoms in total. The van der Waals surface area contributed by atoms with Crippen LogP contribution in [0.5, 0.6) is 0 Å². The number of benzene rings is 3. The summed E-state index contributed by atoms with van der Waals surface area (Å²) >= 11 is 0. The molecule has 0 spiro atoms. The van der Waals surface area contributed by atoms with E-state index < -0.39 is 0 Å². The van der Waals surface area contributed by atoms with Crippen molar-refractivity contribution in [3.63, 3.8) is 0 Å². The smallest absolute Gasteiger partial charge is 0.195 e. The van der Waals surface area contributed by atoms with Gasteiger partial charge in [0.15, 0.2) is 17.2 Å². The van der Waals surface area contributed by atoms with Crippen LogP contribution in [-0.4, -0.2) is 23.2 Å². The Morgan fingerprint density at radius 3 is 2.50 bits per heavy atom. The first-order valence-corrected chi connectivity index (χ1v) is 10.2. The molecule has 0 unspecified atom stereocenters. The molecule has 0 radical (unpaired) electrons. The minimum absolute atomic E-state index is 0.537. The summed E-state index contributed by atoms with van der Waals surface area (Å²) in [6, 6.07) is 18.0. The lowest BCUT2D eigenvalue weighted by atomic mass is 10.0. The van der Waals surface area contributed by atoms with Gasteiger partial charge in [0.05, 0.1) is 5.36 Å². The lowest BCUT2D eigenvalue weighted by molar-refractivity contribution is 0.399. The van der Waals surface area contributed by atoms with Crippen molar-refractivity contribution in [3.05, 3.63) is 65.7 Å². The lowest BCUT2D eigenvalue weighted by Gasteiger charge is -2.21. The summed E-state index contributed by atoms with van der Waals surface area (Å²) in [7, 11) is 0. The summed E-state index contributed by atoms with van der Waals surface area (Å²) in [5.74, 6) is 1.95. The normalized spacial score (nSPS) is 12.3. The van der Waals surface area contributed by atoms with Crippen molar-refractivity contribution in [2.45, 2.75) is 20.8 Å². The Labute approximate surface area is 173 Å². The zero-order chi connectivity index (χ0) is 20.7. The van der Waals surface area contributed by atoms with Gasteiger partial charge in [-0.3, -0.25) is 0 Å². The van der Waals surface area contributed by atoms with Crippen molar-refractivity contribution in [3.8, 4) is 11.5 Å². The molecule has 0 N–H and O–H groups in total. The van der Waals surface area contributed by atoms with Gasteiger partial charge in [0, 0.05) is 47.7 Å². The number of aryl methyl sites for hydroxylation is 1. The second-order valence-corrected chi connectivity index (χ2v) is 7.23. The predicted octanol–water partition coefficient (Wildman–Crippen LogP) is 5.46. The summed E-state index contributed by atoms with van der Waals surface area (Å²) < 4.78 is 11.5. The average Bonchev–Trinajstić information content (AvgIpc) is 3.18. The Morgan fingerprint density at radius 2 is 1.77 bits per heavy atom. The highest BCUT2D eigenvalue weighted by atomic mass is 16.5. The van der Waals surface area contributed by atoms with E-state index in [0.29, 0.717) is 11.6 Å². The molecule has 0 fully saturated rings. The molecule has 30 heavy (non-hydrogen) atoms. The van der Waals surface area contributed by atoms with Gasteiger partial charge in [-0.25, -0.2) is 9.98 Å². The van der Waals surface area contributed by atoms with Crippen LogP contribution in [-0.2, 0) is 0 Å². The Bertz CT molecular complexity index is 1400. The molecule has 2 heterocycles. The van der Waals surface area contributed by atoms with E-state index in [-0.39, 0.29) is 0 Å². The van der Waals surface area contributed by atoms with Crippen LogP contribution in [0, 0.1) is 6.92 Å². The fourth-order valence-corrected chi connectivity index (χ4v) is 3.83. The highest BCUT2D eigenvalue weighted by Gasteiger charge is 2.16. The number of anilines is 1. The highest BCUT2D eigenvalue weighted by Crippen LogP contribution is 2.31. The summed E-state index contributed by atoms with van der Waals surface area (Å²) in [6.45, 7) is 8.02. The molecule has 1 aromatic heterocycles. The zero-order valence-electron chi connectivity index (χ0n) is 17.2. The quantitative estimate of drug-likeness (QED) is 0.297. The molecular formula is C24H22N4O2. The maximum absolute atomic E-state index is 6.32. The molecule has 2 aliphatic rings. The Morgan fingerprint density at radius 1 is 0.967 bits per heavy atom. The minimum Gasteiger partial charge on any atom is -0.453 e.